The van der Waals surface area contributed by atoms with Gasteiger partial charge in [-0.25, -0.2) is 0 Å². The summed E-state index contributed by atoms with van der Waals surface area (Å²) in [5.74, 6) is 0. The predicted molar refractivity (Wildman–Crippen MR) is 203 cm³/mol. The Morgan fingerprint density at radius 2 is 1.47 bits per heavy atom. The zero-order valence-corrected chi connectivity index (χ0v) is 32.1. The molecule has 0 amide bonds. The van der Waals surface area contributed by atoms with E-state index in [1.807, 2.05) is 66.1 Å². The van der Waals surface area contributed by atoms with Crippen molar-refractivity contribution in [3.05, 3.63) is 143 Å². The summed E-state index contributed by atoms with van der Waals surface area (Å²) < 4.78 is 7.93. The first-order valence-electron chi connectivity index (χ1n) is 16.3. The molecule has 4 aromatic carbocycles. The molecule has 0 spiro atoms. The van der Waals surface area contributed by atoms with E-state index in [-0.39, 0.29) is 25.5 Å². The van der Waals surface area contributed by atoms with E-state index in [4.69, 9.17) is 9.40 Å². The van der Waals surface area contributed by atoms with Crippen molar-refractivity contribution in [2.24, 2.45) is 0 Å². The monoisotopic (exact) mass is 835 g/mol. The van der Waals surface area contributed by atoms with Crippen LogP contribution in [-0.4, -0.2) is 9.97 Å². The fourth-order valence-corrected chi connectivity index (χ4v) is 7.63. The summed E-state index contributed by atoms with van der Waals surface area (Å²) in [6.45, 7) is 15.6. The third-order valence-corrected chi connectivity index (χ3v) is 10.3. The van der Waals surface area contributed by atoms with E-state index in [0.717, 1.165) is 44.5 Å². The van der Waals surface area contributed by atoms with E-state index >= 15 is 0 Å². The smallest absolute Gasteiger partial charge is 0.129 e. The Hall–Kier alpha value is -4.41. The molecule has 0 N–H and O–H groups in total. The molecule has 0 saturated carbocycles. The molecule has 0 atom stereocenters. The Balaban J connectivity index is 0.000000270. The Bertz CT molecular complexity index is 2360. The van der Waals surface area contributed by atoms with Gasteiger partial charge in [-0.05, 0) is 84.4 Å². The molecule has 0 aliphatic rings. The van der Waals surface area contributed by atoms with E-state index in [1.54, 1.807) is 6.20 Å². The van der Waals surface area contributed by atoms with Gasteiger partial charge in [0.25, 0.3) is 0 Å². The van der Waals surface area contributed by atoms with Gasteiger partial charge < -0.3 is 14.4 Å². The Kier molecular flexibility index (Phi) is 9.73. The Morgan fingerprint density at radius 3 is 2.16 bits per heavy atom. The van der Waals surface area contributed by atoms with Gasteiger partial charge >= 0.3 is 0 Å². The van der Waals surface area contributed by atoms with Crippen LogP contribution in [0.4, 0.5) is 0 Å². The minimum Gasteiger partial charge on any atom is -0.500 e. The van der Waals surface area contributed by atoms with Crippen LogP contribution in [0.2, 0.25) is 0 Å². The number of hydrogen-bond acceptors (Lipinski definition) is 4. The van der Waals surface area contributed by atoms with E-state index in [9.17, 15) is 0 Å². The van der Waals surface area contributed by atoms with Crippen LogP contribution in [-0.2, 0) is 25.5 Å². The number of fused-ring (bicyclic) bond motifs is 5. The number of pyridine rings is 2. The van der Waals surface area contributed by atoms with E-state index in [2.05, 4.69) is 108 Å². The molecule has 4 aromatic heterocycles. The van der Waals surface area contributed by atoms with Crippen LogP contribution in [0.3, 0.4) is 0 Å². The third-order valence-electron chi connectivity index (χ3n) is 9.10. The first kappa shape index (κ1) is 34.5. The van der Waals surface area contributed by atoms with E-state index in [1.165, 1.54) is 48.3 Å². The summed E-state index contributed by atoms with van der Waals surface area (Å²) >= 11 is 1.83. The summed E-state index contributed by atoms with van der Waals surface area (Å²) in [4.78, 5) is 10.6. The summed E-state index contributed by atoms with van der Waals surface area (Å²) in [5, 5.41) is 3.49. The van der Waals surface area contributed by atoms with Crippen LogP contribution < -0.4 is 0 Å². The molecule has 0 aliphatic carbocycles. The number of benzene rings is 4. The maximum Gasteiger partial charge on any atom is 0.129 e. The van der Waals surface area contributed by atoms with Crippen molar-refractivity contribution in [1.29, 1.82) is 0 Å². The Morgan fingerprint density at radius 1 is 0.714 bits per heavy atom. The molecule has 3 nitrogen and oxygen atoms in total. The van der Waals surface area contributed by atoms with Gasteiger partial charge in [-0.3, -0.25) is 0 Å². The summed E-state index contributed by atoms with van der Waals surface area (Å²) in [7, 11) is 0. The number of aryl methyl sites for hydroxylation is 4. The zero-order chi connectivity index (χ0) is 33.6. The number of thiophene rings is 1. The van der Waals surface area contributed by atoms with Crippen LogP contribution >= 0.6 is 11.3 Å². The van der Waals surface area contributed by atoms with Gasteiger partial charge in [0.2, 0.25) is 0 Å². The minimum absolute atomic E-state index is 0. The minimum atomic E-state index is -0.0546. The van der Waals surface area contributed by atoms with Gasteiger partial charge in [0.15, 0.2) is 0 Å². The zero-order valence-electron chi connectivity index (χ0n) is 28.9. The van der Waals surface area contributed by atoms with E-state index < -0.39 is 0 Å². The van der Waals surface area contributed by atoms with Crippen LogP contribution in [0.1, 0.15) is 47.9 Å². The van der Waals surface area contributed by atoms with Gasteiger partial charge in [0.1, 0.15) is 5.58 Å². The topological polar surface area (TPSA) is 38.9 Å². The Labute approximate surface area is 306 Å². The van der Waals surface area contributed by atoms with Crippen molar-refractivity contribution in [2.75, 3.05) is 0 Å². The fourth-order valence-electron chi connectivity index (χ4n) is 6.56. The van der Waals surface area contributed by atoms with Crippen molar-refractivity contribution >= 4 is 43.4 Å². The second-order valence-electron chi connectivity index (χ2n) is 13.4. The van der Waals surface area contributed by atoms with Crippen LogP contribution in [0.25, 0.3) is 65.7 Å². The summed E-state index contributed by atoms with van der Waals surface area (Å²) in [6.07, 6.45) is 3.83. The third kappa shape index (κ3) is 6.51. The van der Waals surface area contributed by atoms with Gasteiger partial charge in [-0.15, -0.1) is 65.4 Å². The largest absolute Gasteiger partial charge is 0.500 e. The molecule has 0 saturated heterocycles. The molecule has 0 unspecified atom stereocenters. The summed E-state index contributed by atoms with van der Waals surface area (Å²) in [5.41, 5.74) is 13.2. The van der Waals surface area contributed by atoms with Crippen molar-refractivity contribution in [3.8, 4) is 33.6 Å². The predicted octanol–water partition coefficient (Wildman–Crippen LogP) is 12.4. The molecule has 8 aromatic rings. The number of hydrogen-bond donors (Lipinski definition) is 0. The number of furan rings is 1. The van der Waals surface area contributed by atoms with Crippen molar-refractivity contribution in [2.45, 2.75) is 53.9 Å². The van der Waals surface area contributed by atoms with Gasteiger partial charge in [0, 0.05) is 58.4 Å². The van der Waals surface area contributed by atoms with Gasteiger partial charge in [0.05, 0.1) is 5.58 Å². The molecule has 0 aliphatic heterocycles. The maximum absolute atomic E-state index is 6.66. The van der Waals surface area contributed by atoms with Crippen LogP contribution in [0, 0.1) is 39.8 Å². The second-order valence-corrected chi connectivity index (χ2v) is 14.7. The molecular formula is C44H38IrN2OS-2. The van der Waals surface area contributed by atoms with Crippen LogP contribution in [0.15, 0.2) is 108 Å². The maximum atomic E-state index is 6.66. The SMILES string of the molecule is Cc1cccc(C)c1-c1cnc(-c2[c-]ccc3c2oc2c3ccc3sc(C)c(C)c32)cc1C(C)(C)C.[Ir].[c-]1ccccc1-c1ccccn1. The molecule has 247 valence electrons. The molecule has 5 heteroatoms. The van der Waals surface area contributed by atoms with Crippen LogP contribution in [0.5, 0.6) is 0 Å². The second kappa shape index (κ2) is 13.8. The first-order chi connectivity index (χ1) is 23.1. The number of nitrogens with zero attached hydrogens (tertiary/aromatic N) is 2. The fraction of sp³-hybridized carbons (Fsp3) is 0.182. The quantitative estimate of drug-likeness (QED) is 0.166. The molecular weight excluding hydrogens is 797 g/mol. The van der Waals surface area contributed by atoms with E-state index in [0.29, 0.717) is 0 Å². The van der Waals surface area contributed by atoms with Crippen molar-refractivity contribution in [1.82, 2.24) is 9.97 Å². The number of aromatic nitrogens is 2. The molecule has 49 heavy (non-hydrogen) atoms. The molecule has 8 rings (SSSR count). The number of rotatable bonds is 3. The van der Waals surface area contributed by atoms with Crippen molar-refractivity contribution < 1.29 is 24.5 Å². The standard InChI is InChI=1S/C33H30NOS.C11H8N.Ir/c1-18-10-8-11-19(2)29(18)25-17-34-27(16-26(25)33(5,6)7)24-13-9-12-22-23-14-15-28-30(20(3)21(4)36-28)32(23)35-31(22)24;1-2-6-10(7-3-1)11-8-4-5-9-12-11;/h8-12,14-17H,1-7H3;1-6,8-9H;/q2*-1;. The normalized spacial score (nSPS) is 11.4. The molecule has 4 heterocycles. The van der Waals surface area contributed by atoms with Crippen molar-refractivity contribution in [3.63, 3.8) is 0 Å². The molecule has 1 radical (unpaired) electrons. The molecule has 0 bridgehead atoms. The van der Waals surface area contributed by atoms with Gasteiger partial charge in [-0.2, -0.15) is 0 Å². The average molecular weight is 835 g/mol. The first-order valence-corrected chi connectivity index (χ1v) is 17.1. The average Bonchev–Trinajstić information content (AvgIpc) is 3.61. The molecule has 0 fully saturated rings. The van der Waals surface area contributed by atoms with Gasteiger partial charge in [-0.1, -0.05) is 74.2 Å². The summed E-state index contributed by atoms with van der Waals surface area (Å²) in [6, 6.07) is 37.5.